The Morgan fingerprint density at radius 1 is 1.52 bits per heavy atom. The lowest BCUT2D eigenvalue weighted by Crippen LogP contribution is -2.33. The Labute approximate surface area is 125 Å². The van der Waals surface area contributed by atoms with Crippen LogP contribution in [0.15, 0.2) is 12.3 Å². The van der Waals surface area contributed by atoms with Gasteiger partial charge in [0.2, 0.25) is 0 Å². The summed E-state index contributed by atoms with van der Waals surface area (Å²) in [6, 6.07) is 1.61. The number of nitrogens with two attached hydrogens (primary N) is 1. The van der Waals surface area contributed by atoms with Crippen molar-refractivity contribution < 1.29 is 9.53 Å². The van der Waals surface area contributed by atoms with Crippen molar-refractivity contribution in [3.05, 3.63) is 17.8 Å². The summed E-state index contributed by atoms with van der Waals surface area (Å²) < 4.78 is 5.05. The fraction of sp³-hybridized carbons (Fsp3) is 0.600. The first-order valence-electron chi connectivity index (χ1n) is 7.45. The third kappa shape index (κ3) is 4.32. The lowest BCUT2D eigenvalue weighted by Gasteiger charge is -2.29. The van der Waals surface area contributed by atoms with Crippen molar-refractivity contribution in [3.63, 3.8) is 0 Å². The summed E-state index contributed by atoms with van der Waals surface area (Å²) >= 11 is 0. The van der Waals surface area contributed by atoms with E-state index in [1.807, 2.05) is 0 Å². The van der Waals surface area contributed by atoms with Crippen molar-refractivity contribution in [2.75, 3.05) is 44.3 Å². The molecule has 0 unspecified atom stereocenters. The quantitative estimate of drug-likeness (QED) is 0.802. The predicted octanol–water partition coefficient (Wildman–Crippen LogP) is 1.59. The second-order valence-electron chi connectivity index (χ2n) is 5.51. The van der Waals surface area contributed by atoms with Gasteiger partial charge >= 0.3 is 5.97 Å². The summed E-state index contributed by atoms with van der Waals surface area (Å²) in [6.07, 6.45) is 3.88. The highest BCUT2D eigenvalue weighted by atomic mass is 16.5. The number of carbonyl (C=O) groups excluding carboxylic acids is 1. The number of hydrogen-bond donors (Lipinski definition) is 2. The number of hydrogen-bond acceptors (Lipinski definition) is 6. The molecule has 3 N–H and O–H groups in total. The Kier molecular flexibility index (Phi) is 5.38. The summed E-state index contributed by atoms with van der Waals surface area (Å²) in [4.78, 5) is 18.5. The molecule has 6 heteroatoms. The van der Waals surface area contributed by atoms with E-state index < -0.39 is 0 Å². The lowest BCUT2D eigenvalue weighted by molar-refractivity contribution is 0.0527. The highest BCUT2D eigenvalue weighted by Gasteiger charge is 2.19. The van der Waals surface area contributed by atoms with Crippen molar-refractivity contribution in [1.29, 1.82) is 0 Å². The number of likely N-dealkylation sites (tertiary alicyclic amines) is 1. The van der Waals surface area contributed by atoms with Crippen LogP contribution in [0.5, 0.6) is 0 Å². The van der Waals surface area contributed by atoms with Crippen LogP contribution in [0.2, 0.25) is 0 Å². The van der Waals surface area contributed by atoms with E-state index in [4.69, 9.17) is 10.5 Å². The van der Waals surface area contributed by atoms with Gasteiger partial charge in [-0.05, 0) is 51.9 Å². The van der Waals surface area contributed by atoms with E-state index in [2.05, 4.69) is 22.2 Å². The molecule has 1 aromatic heterocycles. The first-order valence-corrected chi connectivity index (χ1v) is 7.45. The number of nitrogens with zero attached hydrogens (tertiary/aromatic N) is 2. The minimum atomic E-state index is -0.386. The van der Waals surface area contributed by atoms with Crippen LogP contribution in [0.4, 0.5) is 11.5 Å². The third-order valence-corrected chi connectivity index (χ3v) is 3.80. The van der Waals surface area contributed by atoms with E-state index in [0.29, 0.717) is 29.6 Å². The van der Waals surface area contributed by atoms with E-state index in [-0.39, 0.29) is 5.97 Å². The number of nitrogens with one attached hydrogen (secondary N) is 1. The molecule has 116 valence electrons. The number of rotatable bonds is 5. The van der Waals surface area contributed by atoms with Gasteiger partial charge in [-0.3, -0.25) is 0 Å². The number of pyridine rings is 1. The van der Waals surface area contributed by atoms with Gasteiger partial charge in [0.15, 0.2) is 0 Å². The van der Waals surface area contributed by atoms with Gasteiger partial charge in [0.1, 0.15) is 11.4 Å². The average Bonchev–Trinajstić information content (AvgIpc) is 2.48. The minimum Gasteiger partial charge on any atom is -0.462 e. The Morgan fingerprint density at radius 3 is 2.90 bits per heavy atom. The molecular weight excluding hydrogens is 268 g/mol. The summed E-state index contributed by atoms with van der Waals surface area (Å²) in [5.74, 6) is 0.778. The van der Waals surface area contributed by atoms with Gasteiger partial charge in [0.25, 0.3) is 0 Å². The molecule has 6 nitrogen and oxygen atoms in total. The van der Waals surface area contributed by atoms with Gasteiger partial charge in [-0.2, -0.15) is 0 Å². The van der Waals surface area contributed by atoms with Crippen LogP contribution in [0.1, 0.15) is 30.1 Å². The van der Waals surface area contributed by atoms with Gasteiger partial charge < -0.3 is 20.7 Å². The van der Waals surface area contributed by atoms with Crippen LogP contribution >= 0.6 is 0 Å². The molecule has 0 spiro atoms. The Morgan fingerprint density at radius 2 is 2.24 bits per heavy atom. The largest absolute Gasteiger partial charge is 0.462 e. The summed E-state index contributed by atoms with van der Waals surface area (Å²) in [6.45, 7) is 5.17. The number of piperidine rings is 1. The molecule has 0 saturated carbocycles. The molecule has 1 saturated heterocycles. The van der Waals surface area contributed by atoms with Crippen molar-refractivity contribution in [2.45, 2.75) is 19.8 Å². The number of ether oxygens (including phenoxy) is 1. The molecule has 2 heterocycles. The van der Waals surface area contributed by atoms with E-state index in [0.717, 1.165) is 32.5 Å². The molecule has 1 aliphatic rings. The van der Waals surface area contributed by atoms with Gasteiger partial charge in [0.05, 0.1) is 18.5 Å². The zero-order valence-corrected chi connectivity index (χ0v) is 12.8. The number of aromatic nitrogens is 1. The number of esters is 1. The summed E-state index contributed by atoms with van der Waals surface area (Å²) in [5.41, 5.74) is 6.58. The molecule has 0 bridgehead atoms. The van der Waals surface area contributed by atoms with Crippen LogP contribution in [-0.2, 0) is 4.74 Å². The first kappa shape index (κ1) is 15.6. The maximum absolute atomic E-state index is 11.9. The predicted molar refractivity (Wildman–Crippen MR) is 83.3 cm³/mol. The Balaban J connectivity index is 2.00. The lowest BCUT2D eigenvalue weighted by atomic mass is 9.97. The van der Waals surface area contributed by atoms with Crippen LogP contribution in [0, 0.1) is 5.92 Å². The molecule has 1 aliphatic heterocycles. The Hall–Kier alpha value is -1.82. The van der Waals surface area contributed by atoms with Crippen LogP contribution in [0.3, 0.4) is 0 Å². The number of nitrogen functional groups attached to an aromatic ring is 1. The van der Waals surface area contributed by atoms with Crippen LogP contribution < -0.4 is 11.1 Å². The van der Waals surface area contributed by atoms with Crippen molar-refractivity contribution in [1.82, 2.24) is 9.88 Å². The summed E-state index contributed by atoms with van der Waals surface area (Å²) in [7, 11) is 2.14. The molecular formula is C15H24N4O2. The maximum Gasteiger partial charge on any atom is 0.341 e. The molecule has 1 aromatic rings. The maximum atomic E-state index is 11.9. The first-order chi connectivity index (χ1) is 10.1. The second kappa shape index (κ2) is 7.26. The molecule has 0 atom stereocenters. The van der Waals surface area contributed by atoms with Crippen LogP contribution in [0.25, 0.3) is 0 Å². The van der Waals surface area contributed by atoms with Gasteiger partial charge in [-0.25, -0.2) is 9.78 Å². The van der Waals surface area contributed by atoms with E-state index >= 15 is 0 Å². The zero-order valence-electron chi connectivity index (χ0n) is 12.8. The highest BCUT2D eigenvalue weighted by molar-refractivity contribution is 5.95. The molecule has 0 aromatic carbocycles. The molecule has 0 radical (unpaired) electrons. The molecule has 0 amide bonds. The zero-order chi connectivity index (χ0) is 15.2. The molecule has 1 fully saturated rings. The highest BCUT2D eigenvalue weighted by Crippen LogP contribution is 2.20. The van der Waals surface area contributed by atoms with E-state index in [1.165, 1.54) is 0 Å². The molecule has 0 aliphatic carbocycles. The minimum absolute atomic E-state index is 0.335. The number of anilines is 2. The standard InChI is InChI=1S/C15H24N4O2/c1-3-21-15(20)13-8-12(16)10-18-14(13)17-9-11-4-6-19(2)7-5-11/h8,10-11H,3-7,9,16H2,1-2H3,(H,17,18). The van der Waals surface area contributed by atoms with Gasteiger partial charge in [-0.15, -0.1) is 0 Å². The van der Waals surface area contributed by atoms with Crippen molar-refractivity contribution in [2.24, 2.45) is 5.92 Å². The molecule has 2 rings (SSSR count). The van der Waals surface area contributed by atoms with Gasteiger partial charge in [-0.1, -0.05) is 0 Å². The smallest absolute Gasteiger partial charge is 0.341 e. The fourth-order valence-corrected chi connectivity index (χ4v) is 2.49. The SMILES string of the molecule is CCOC(=O)c1cc(N)cnc1NCC1CCN(C)CC1. The normalized spacial score (nSPS) is 16.7. The van der Waals surface area contributed by atoms with Crippen LogP contribution in [-0.4, -0.2) is 49.1 Å². The van der Waals surface area contributed by atoms with E-state index in [1.54, 1.807) is 19.2 Å². The molecule has 21 heavy (non-hydrogen) atoms. The van der Waals surface area contributed by atoms with E-state index in [9.17, 15) is 4.79 Å². The monoisotopic (exact) mass is 292 g/mol. The Bertz CT molecular complexity index is 485. The number of carbonyl (C=O) groups is 1. The van der Waals surface area contributed by atoms with Crippen molar-refractivity contribution >= 4 is 17.5 Å². The third-order valence-electron chi connectivity index (χ3n) is 3.80. The summed E-state index contributed by atoms with van der Waals surface area (Å²) in [5, 5.41) is 3.28. The fourth-order valence-electron chi connectivity index (χ4n) is 2.49. The second-order valence-corrected chi connectivity index (χ2v) is 5.51. The topological polar surface area (TPSA) is 80.5 Å². The average molecular weight is 292 g/mol. The van der Waals surface area contributed by atoms with Gasteiger partial charge in [0, 0.05) is 6.54 Å². The van der Waals surface area contributed by atoms with Crippen molar-refractivity contribution in [3.8, 4) is 0 Å².